The van der Waals surface area contributed by atoms with Gasteiger partial charge in [-0.15, -0.1) is 0 Å². The van der Waals surface area contributed by atoms with Crippen LogP contribution in [-0.2, 0) is 75.8 Å². The highest BCUT2D eigenvalue weighted by Crippen LogP contribution is 2.49. The lowest BCUT2D eigenvalue weighted by atomic mass is 9.70. The van der Waals surface area contributed by atoms with Crippen LogP contribution in [0.5, 0.6) is 0 Å². The minimum atomic E-state index is -5.46. The number of pyridine rings is 2. The lowest BCUT2D eigenvalue weighted by Gasteiger charge is -2.39. The number of hydrogen-bond donors (Lipinski definition) is 14. The van der Waals surface area contributed by atoms with E-state index in [9.17, 15) is 102 Å². The number of anilines is 12. The van der Waals surface area contributed by atoms with E-state index in [1.807, 2.05) is 6.92 Å². The lowest BCUT2D eigenvalue weighted by molar-refractivity contribution is 0.102. The van der Waals surface area contributed by atoms with E-state index in [4.69, 9.17) is 11.5 Å². The molecule has 4 aliphatic carbocycles. The Kier molecular flexibility index (Phi) is 22.1. The summed E-state index contributed by atoms with van der Waals surface area (Å²) in [5.41, 5.74) is 6.61. The fraction of sp³-hybridized carbons (Fsp3) is 0.210. The Labute approximate surface area is 718 Å². The number of hydrogen-bond acceptors (Lipinski definition) is 31. The molecular formula is C81H72N16O23S6. The van der Waals surface area contributed by atoms with Crippen LogP contribution >= 0.6 is 0 Å². The molecule has 0 saturated heterocycles. The number of fused-ring (bicyclic) bond motifs is 4. The van der Waals surface area contributed by atoms with Crippen LogP contribution in [0.4, 0.5) is 69.8 Å². The molecule has 0 bridgehead atoms. The maximum absolute atomic E-state index is 14.9. The standard InChI is InChI=1S/C81H72N16O23S6/c1-36-27-38(19-21-48(36)86-78-90-76(82)92-80(94-78)88-52-32-53(59(124(112,113)114)34-58(52)121(104)105)84-50-23-25-56-66-62(44-15-5-7-17-46(44)72(100)64(50)66)68(74(102)96(56)3)70(98)40-11-9-13-42(30-40)122(106,107)108)29-39-20-22-49(37(2)28-39)87-79-91-77(83)93-81(95-79)89-55-33-54(60(125(115,116)117)35-61(55)126(118,119)120)85-51-24-26-57-67-63(45-16-6-8-18-47(45)73(101)65(51)67)69(75(103)97(57)4)71(99)41-12-10-14-43(31-41)123(109,110)111/h5-18,23-26,30-39,48-49,84-85H,19-22,27-29H2,1-4H3,(H,104,105)(H,106,107,108)(H,109,110,111)(H,112,113,114)(H,115,116,117)(H,118,119,120)(H4,82,86,88,90,92,94)(H4,83,87,89,91,93,95). The molecule has 2 fully saturated rings. The van der Waals surface area contributed by atoms with Crippen LogP contribution in [0.15, 0.2) is 185 Å². The minimum absolute atomic E-state index is 0.00152. The molecule has 12 aromatic rings. The average molecular weight is 1830 g/mol. The molecule has 7 unspecified atom stereocenters. The molecular weight excluding hydrogens is 1760 g/mol. The van der Waals surface area contributed by atoms with Crippen LogP contribution in [0.3, 0.4) is 0 Å². The molecule has 650 valence electrons. The summed E-state index contributed by atoms with van der Waals surface area (Å²) in [6.07, 6.45) is 5.19. The Morgan fingerprint density at radius 1 is 0.429 bits per heavy atom. The predicted octanol–water partition coefficient (Wildman–Crippen LogP) is 10.1. The molecule has 4 aliphatic rings. The highest BCUT2D eigenvalue weighted by atomic mass is 32.2. The highest BCUT2D eigenvalue weighted by molar-refractivity contribution is 7.87. The number of ketones is 4. The van der Waals surface area contributed by atoms with E-state index in [1.165, 1.54) is 105 Å². The van der Waals surface area contributed by atoms with Crippen molar-refractivity contribution in [1.29, 1.82) is 0 Å². The first-order chi connectivity index (χ1) is 59.4. The topological polar surface area (TPSA) is 623 Å². The lowest BCUT2D eigenvalue weighted by Crippen LogP contribution is -2.37. The minimum Gasteiger partial charge on any atom is -0.368 e. The van der Waals surface area contributed by atoms with Gasteiger partial charge in [-0.25, -0.2) is 4.21 Å². The Morgan fingerprint density at radius 2 is 0.802 bits per heavy atom. The molecule has 0 amide bonds. The van der Waals surface area contributed by atoms with Gasteiger partial charge >= 0.3 is 0 Å². The molecule has 8 aromatic carbocycles. The van der Waals surface area contributed by atoms with E-state index < -0.39 is 159 Å². The summed E-state index contributed by atoms with van der Waals surface area (Å²) >= 11 is -3.00. The third kappa shape index (κ3) is 16.3. The zero-order valence-corrected chi connectivity index (χ0v) is 71.0. The zero-order chi connectivity index (χ0) is 90.2. The summed E-state index contributed by atoms with van der Waals surface area (Å²) in [5.74, 6) is -4.29. The number of aromatic nitrogens is 8. The molecule has 16 rings (SSSR count). The fourth-order valence-electron chi connectivity index (χ4n) is 17.4. The van der Waals surface area contributed by atoms with Gasteiger partial charge in [0.05, 0.1) is 82.1 Å². The molecule has 0 aliphatic heterocycles. The number of carbonyl (C=O) groups is 4. The Morgan fingerprint density at radius 3 is 1.19 bits per heavy atom. The van der Waals surface area contributed by atoms with Gasteiger partial charge in [0.15, 0.2) is 34.2 Å². The first kappa shape index (κ1) is 86.5. The van der Waals surface area contributed by atoms with Crippen LogP contribution < -0.4 is 54.5 Å². The van der Waals surface area contributed by atoms with E-state index in [1.54, 1.807) is 6.07 Å². The molecule has 39 nitrogen and oxygen atoms in total. The van der Waals surface area contributed by atoms with Crippen molar-refractivity contribution in [3.05, 3.63) is 211 Å². The van der Waals surface area contributed by atoms with Gasteiger partial charge in [0.2, 0.25) is 35.7 Å². The zero-order valence-electron chi connectivity index (χ0n) is 66.1. The molecule has 4 heterocycles. The second kappa shape index (κ2) is 32.2. The molecule has 2 saturated carbocycles. The van der Waals surface area contributed by atoms with Gasteiger partial charge in [-0.05, 0) is 153 Å². The fourth-order valence-corrected chi connectivity index (χ4v) is 21.1. The van der Waals surface area contributed by atoms with Gasteiger partial charge in [-0.2, -0.15) is 72.0 Å². The van der Waals surface area contributed by atoms with Crippen molar-refractivity contribution in [2.24, 2.45) is 37.8 Å². The Balaban J connectivity index is 0.606. The summed E-state index contributed by atoms with van der Waals surface area (Å²) in [4.78, 5) is 109. The van der Waals surface area contributed by atoms with E-state index in [0.29, 0.717) is 25.0 Å². The number of nitrogens with zero attached hydrogens (tertiary/aromatic N) is 8. The number of carbonyl (C=O) groups excluding carboxylic acids is 4. The van der Waals surface area contributed by atoms with Crippen LogP contribution in [0, 0.1) is 23.7 Å². The SMILES string of the molecule is CC1CC(CC2CCC(Nc3nc(N)nc(Nc4cc(Nc5ccc6c7c5C(=O)c5ccccc5-c7c(C(=O)c5cccc(S(=O)(=O)O)c5)c(=O)n6C)c(S(=O)(=O)O)cc4S(=O)(=O)O)n3)C(C)C2)CCC1Nc1nc(N)nc(Nc2cc(Nc3ccc4c5c3C(=O)c3ccccc3-c5c(C(=O)c3cccc(S(=O)(=O)O)c3)c(=O)n4C)c(S(=O)(=O)O)cc2S(=O)O)n1. The van der Waals surface area contributed by atoms with E-state index in [2.05, 4.69) is 68.7 Å². The predicted molar refractivity (Wildman–Crippen MR) is 461 cm³/mol. The van der Waals surface area contributed by atoms with E-state index in [0.717, 1.165) is 77.6 Å². The maximum atomic E-state index is 14.9. The monoisotopic (exact) mass is 1830 g/mol. The van der Waals surface area contributed by atoms with Crippen molar-refractivity contribution in [2.45, 2.75) is 100 Å². The smallest absolute Gasteiger partial charge is 0.296 e. The largest absolute Gasteiger partial charge is 0.368 e. The van der Waals surface area contributed by atoms with Crippen LogP contribution in [-0.4, -0.2) is 148 Å². The van der Waals surface area contributed by atoms with Crippen molar-refractivity contribution < 1.29 is 92.8 Å². The first-order valence-electron chi connectivity index (χ1n) is 38.3. The van der Waals surface area contributed by atoms with Crippen molar-refractivity contribution in [3.63, 3.8) is 0 Å². The molecule has 0 spiro atoms. The number of rotatable bonds is 24. The van der Waals surface area contributed by atoms with Crippen LogP contribution in [0.1, 0.15) is 122 Å². The van der Waals surface area contributed by atoms with E-state index >= 15 is 0 Å². The molecule has 16 N–H and O–H groups in total. The third-order valence-corrected chi connectivity index (χ3v) is 28.2. The van der Waals surface area contributed by atoms with Crippen molar-refractivity contribution in [1.82, 2.24) is 39.0 Å². The molecule has 7 atom stereocenters. The third-order valence-electron chi connectivity index (χ3n) is 23.1. The van der Waals surface area contributed by atoms with Crippen molar-refractivity contribution in [2.75, 3.05) is 43.4 Å². The van der Waals surface area contributed by atoms with Crippen LogP contribution in [0.25, 0.3) is 44.1 Å². The van der Waals surface area contributed by atoms with E-state index in [-0.39, 0.29) is 160 Å². The molecule has 45 heteroatoms. The summed E-state index contributed by atoms with van der Waals surface area (Å²) in [7, 11) is -23.2. The molecule has 0 radical (unpaired) electrons. The first-order valence-corrected chi connectivity index (χ1v) is 46.6. The quantitative estimate of drug-likeness (QED) is 0.0152. The average Bonchev–Trinajstić information content (AvgIpc) is 0.708. The number of nitrogen functional groups attached to an aromatic ring is 2. The van der Waals surface area contributed by atoms with Gasteiger partial charge in [-0.1, -0.05) is 86.6 Å². The Hall–Kier alpha value is -13.1. The van der Waals surface area contributed by atoms with Crippen molar-refractivity contribution >= 4 is 176 Å². The number of aryl methyl sites for hydroxylation is 2. The second-order valence-electron chi connectivity index (χ2n) is 31.0. The molecule has 4 aromatic heterocycles. The second-order valence-corrected chi connectivity index (χ2v) is 39.0. The maximum Gasteiger partial charge on any atom is 0.296 e. The summed E-state index contributed by atoms with van der Waals surface area (Å²) in [6.45, 7) is 4.11. The van der Waals surface area contributed by atoms with Gasteiger partial charge in [0.25, 0.3) is 61.7 Å². The summed E-state index contributed by atoms with van der Waals surface area (Å²) in [6, 6.07) is 28.5. The highest BCUT2D eigenvalue weighted by Gasteiger charge is 2.40. The summed E-state index contributed by atoms with van der Waals surface area (Å²) in [5, 5.41) is 17.9. The number of benzene rings is 8. The van der Waals surface area contributed by atoms with Crippen LogP contribution in [0.2, 0.25) is 0 Å². The van der Waals surface area contributed by atoms with Gasteiger partial charge in [0.1, 0.15) is 14.7 Å². The van der Waals surface area contributed by atoms with Gasteiger partial charge < -0.3 is 57.1 Å². The molecule has 126 heavy (non-hydrogen) atoms. The number of nitrogens with one attached hydrogen (secondary N) is 6. The summed E-state index contributed by atoms with van der Waals surface area (Å²) < 4.78 is 206. The van der Waals surface area contributed by atoms with Gasteiger partial charge in [0, 0.05) is 70.3 Å². The number of nitrogens with two attached hydrogens (primary N) is 2. The van der Waals surface area contributed by atoms with Crippen molar-refractivity contribution in [3.8, 4) is 22.3 Å². The Bertz CT molecular complexity index is 7590. The van der Waals surface area contributed by atoms with Gasteiger partial charge in [-0.3, -0.25) is 51.5 Å². The normalized spacial score (nSPS) is 17.8.